The van der Waals surface area contributed by atoms with E-state index in [9.17, 15) is 4.39 Å². The minimum Gasteiger partial charge on any atom is -0.467 e. The van der Waals surface area contributed by atoms with Crippen LogP contribution in [-0.2, 0) is 6.54 Å². The molecule has 1 saturated carbocycles. The fourth-order valence-corrected chi connectivity index (χ4v) is 1.84. The van der Waals surface area contributed by atoms with Gasteiger partial charge in [0.15, 0.2) is 0 Å². The third-order valence-corrected chi connectivity index (χ3v) is 2.94. The van der Waals surface area contributed by atoms with Crippen molar-refractivity contribution in [3.63, 3.8) is 0 Å². The van der Waals surface area contributed by atoms with Crippen molar-refractivity contribution in [2.75, 3.05) is 0 Å². The van der Waals surface area contributed by atoms with E-state index in [2.05, 4.69) is 10.3 Å². The van der Waals surface area contributed by atoms with Gasteiger partial charge in [0, 0.05) is 23.4 Å². The number of furan rings is 1. The molecule has 0 unspecified atom stereocenters. The third-order valence-electron chi connectivity index (χ3n) is 2.94. The molecule has 1 aliphatic rings. The van der Waals surface area contributed by atoms with E-state index >= 15 is 0 Å². The zero-order chi connectivity index (χ0) is 11.7. The summed E-state index contributed by atoms with van der Waals surface area (Å²) in [6, 6.07) is 4.07. The molecular formula is C13H13FN2O. The van der Waals surface area contributed by atoms with Crippen molar-refractivity contribution in [3.8, 4) is 11.1 Å². The van der Waals surface area contributed by atoms with Gasteiger partial charge in [-0.1, -0.05) is 0 Å². The number of rotatable bonds is 4. The molecule has 2 aromatic rings. The van der Waals surface area contributed by atoms with E-state index in [1.165, 1.54) is 19.0 Å². The Labute approximate surface area is 98.7 Å². The molecule has 1 aliphatic carbocycles. The smallest absolute Gasteiger partial charge is 0.149 e. The van der Waals surface area contributed by atoms with Crippen LogP contribution in [0.1, 0.15) is 18.6 Å². The van der Waals surface area contributed by atoms with Crippen LogP contribution >= 0.6 is 0 Å². The number of hydrogen-bond acceptors (Lipinski definition) is 3. The molecule has 0 atom stereocenters. The van der Waals surface area contributed by atoms with Gasteiger partial charge >= 0.3 is 0 Å². The number of aromatic nitrogens is 1. The largest absolute Gasteiger partial charge is 0.467 e. The minimum atomic E-state index is -0.318. The van der Waals surface area contributed by atoms with E-state index in [1.807, 2.05) is 0 Å². The lowest BCUT2D eigenvalue weighted by Gasteiger charge is -2.04. The lowest BCUT2D eigenvalue weighted by atomic mass is 10.1. The molecule has 0 spiro atoms. The molecule has 88 valence electrons. The van der Waals surface area contributed by atoms with Gasteiger partial charge in [-0.2, -0.15) is 0 Å². The quantitative estimate of drug-likeness (QED) is 0.880. The van der Waals surface area contributed by atoms with E-state index in [4.69, 9.17) is 4.42 Å². The fraction of sp³-hybridized carbons (Fsp3) is 0.308. The Morgan fingerprint density at radius 3 is 3.00 bits per heavy atom. The lowest BCUT2D eigenvalue weighted by molar-refractivity contribution is 0.483. The van der Waals surface area contributed by atoms with E-state index in [0.717, 1.165) is 11.3 Å². The van der Waals surface area contributed by atoms with Gasteiger partial charge in [-0.05, 0) is 25.0 Å². The standard InChI is InChI=1S/C13H13FN2O/c14-12-7-15-5-3-10(12)11-4-6-17-13(11)8-16-9-1-2-9/h3-7,9,16H,1-2,8H2. The van der Waals surface area contributed by atoms with Crippen molar-refractivity contribution in [3.05, 3.63) is 42.4 Å². The Kier molecular flexibility index (Phi) is 2.65. The molecule has 2 heterocycles. The van der Waals surface area contributed by atoms with Crippen molar-refractivity contribution in [1.82, 2.24) is 10.3 Å². The van der Waals surface area contributed by atoms with Crippen LogP contribution in [0.25, 0.3) is 11.1 Å². The summed E-state index contributed by atoms with van der Waals surface area (Å²) in [7, 11) is 0. The highest BCUT2D eigenvalue weighted by Crippen LogP contribution is 2.27. The minimum absolute atomic E-state index is 0.318. The van der Waals surface area contributed by atoms with Crippen LogP contribution in [0.15, 0.2) is 35.2 Å². The summed E-state index contributed by atoms with van der Waals surface area (Å²) >= 11 is 0. The van der Waals surface area contributed by atoms with E-state index in [0.29, 0.717) is 18.2 Å². The summed E-state index contributed by atoms with van der Waals surface area (Å²) < 4.78 is 19.0. The predicted molar refractivity (Wildman–Crippen MR) is 61.8 cm³/mol. The summed E-state index contributed by atoms with van der Waals surface area (Å²) in [4.78, 5) is 3.75. The summed E-state index contributed by atoms with van der Waals surface area (Å²) in [5.74, 6) is 0.462. The van der Waals surface area contributed by atoms with Crippen LogP contribution in [0.4, 0.5) is 4.39 Å². The molecule has 3 nitrogen and oxygen atoms in total. The Balaban J connectivity index is 1.86. The summed E-state index contributed by atoms with van der Waals surface area (Å²) in [5, 5.41) is 3.36. The molecule has 0 bridgehead atoms. The maximum absolute atomic E-state index is 13.6. The van der Waals surface area contributed by atoms with Gasteiger partial charge in [-0.25, -0.2) is 4.39 Å². The first-order chi connectivity index (χ1) is 8.34. The van der Waals surface area contributed by atoms with Crippen LogP contribution in [-0.4, -0.2) is 11.0 Å². The SMILES string of the molecule is Fc1cnccc1-c1ccoc1CNC1CC1. The highest BCUT2D eigenvalue weighted by atomic mass is 19.1. The van der Waals surface area contributed by atoms with Crippen LogP contribution in [0.3, 0.4) is 0 Å². The number of hydrogen-bond donors (Lipinski definition) is 1. The molecular weight excluding hydrogens is 219 g/mol. The molecule has 1 fully saturated rings. The number of nitrogens with one attached hydrogen (secondary N) is 1. The lowest BCUT2D eigenvalue weighted by Crippen LogP contribution is -2.15. The first kappa shape index (κ1) is 10.5. The Morgan fingerprint density at radius 1 is 1.35 bits per heavy atom. The van der Waals surface area contributed by atoms with Gasteiger partial charge in [-0.3, -0.25) is 4.98 Å². The molecule has 0 aromatic carbocycles. The summed E-state index contributed by atoms with van der Waals surface area (Å²) in [5.41, 5.74) is 1.35. The van der Waals surface area contributed by atoms with Gasteiger partial charge in [0.1, 0.15) is 11.6 Å². The Morgan fingerprint density at radius 2 is 2.24 bits per heavy atom. The second kappa shape index (κ2) is 4.30. The van der Waals surface area contributed by atoms with Crippen molar-refractivity contribution in [2.24, 2.45) is 0 Å². The maximum atomic E-state index is 13.6. The van der Waals surface area contributed by atoms with E-state index in [1.54, 1.807) is 24.6 Å². The van der Waals surface area contributed by atoms with Crippen LogP contribution in [0, 0.1) is 5.82 Å². The fourth-order valence-electron chi connectivity index (χ4n) is 1.84. The van der Waals surface area contributed by atoms with Gasteiger partial charge in [0.25, 0.3) is 0 Å². The van der Waals surface area contributed by atoms with Gasteiger partial charge < -0.3 is 9.73 Å². The summed E-state index contributed by atoms with van der Waals surface area (Å²) in [6.45, 7) is 0.648. The molecule has 0 radical (unpaired) electrons. The van der Waals surface area contributed by atoms with Crippen molar-refractivity contribution >= 4 is 0 Å². The normalized spacial score (nSPS) is 15.1. The van der Waals surface area contributed by atoms with Crippen LogP contribution in [0.2, 0.25) is 0 Å². The average molecular weight is 232 g/mol. The van der Waals surface area contributed by atoms with Crippen molar-refractivity contribution in [1.29, 1.82) is 0 Å². The predicted octanol–water partition coefficient (Wildman–Crippen LogP) is 2.73. The molecule has 3 rings (SSSR count). The number of pyridine rings is 1. The Hall–Kier alpha value is -1.68. The van der Waals surface area contributed by atoms with E-state index < -0.39 is 0 Å². The molecule has 0 amide bonds. The zero-order valence-electron chi connectivity index (χ0n) is 9.32. The van der Waals surface area contributed by atoms with E-state index in [-0.39, 0.29) is 5.82 Å². The van der Waals surface area contributed by atoms with Crippen molar-refractivity contribution in [2.45, 2.75) is 25.4 Å². The number of halogens is 1. The third kappa shape index (κ3) is 2.22. The molecule has 17 heavy (non-hydrogen) atoms. The van der Waals surface area contributed by atoms with Crippen molar-refractivity contribution < 1.29 is 8.81 Å². The van der Waals surface area contributed by atoms with Gasteiger partial charge in [0.05, 0.1) is 19.0 Å². The second-order valence-electron chi connectivity index (χ2n) is 4.27. The first-order valence-electron chi connectivity index (χ1n) is 5.74. The second-order valence-corrected chi connectivity index (χ2v) is 4.27. The average Bonchev–Trinajstić information content (AvgIpc) is 3.06. The van der Waals surface area contributed by atoms with Gasteiger partial charge in [0.2, 0.25) is 0 Å². The van der Waals surface area contributed by atoms with Gasteiger partial charge in [-0.15, -0.1) is 0 Å². The van der Waals surface area contributed by atoms with Crippen LogP contribution in [0.5, 0.6) is 0 Å². The highest BCUT2D eigenvalue weighted by molar-refractivity contribution is 5.65. The molecule has 1 N–H and O–H groups in total. The molecule has 0 aliphatic heterocycles. The Bertz CT molecular complexity index is 520. The molecule has 4 heteroatoms. The topological polar surface area (TPSA) is 38.1 Å². The maximum Gasteiger partial charge on any atom is 0.149 e. The number of nitrogens with zero attached hydrogens (tertiary/aromatic N) is 1. The highest BCUT2D eigenvalue weighted by Gasteiger charge is 2.21. The zero-order valence-corrected chi connectivity index (χ0v) is 9.32. The first-order valence-corrected chi connectivity index (χ1v) is 5.74. The van der Waals surface area contributed by atoms with Crippen LogP contribution < -0.4 is 5.32 Å². The molecule has 2 aromatic heterocycles. The molecule has 0 saturated heterocycles. The monoisotopic (exact) mass is 232 g/mol. The summed E-state index contributed by atoms with van der Waals surface area (Å²) in [6.07, 6.45) is 6.85.